The third-order valence-electron chi connectivity index (χ3n) is 2.92. The smallest absolute Gasteiger partial charge is 0.239 e. The number of carbonyl (C=O) groups excluding carboxylic acids is 1. The normalized spacial score (nSPS) is 14.1. The number of benzene rings is 1. The average molecular weight is 268 g/mol. The number of halogens is 1. The Morgan fingerprint density at radius 1 is 1.11 bits per heavy atom. The SMILES string of the molecule is CC(C)(NC(=O)C(Cl)C(C)(C)C)c1ccccc1. The van der Waals surface area contributed by atoms with Crippen LogP contribution in [0.3, 0.4) is 0 Å². The number of amides is 1. The molecule has 0 bridgehead atoms. The highest BCUT2D eigenvalue weighted by atomic mass is 35.5. The summed E-state index contributed by atoms with van der Waals surface area (Å²) in [6, 6.07) is 9.89. The summed E-state index contributed by atoms with van der Waals surface area (Å²) in [6.45, 7) is 9.83. The van der Waals surface area contributed by atoms with Crippen molar-refractivity contribution < 1.29 is 4.79 Å². The largest absolute Gasteiger partial charge is 0.346 e. The first kappa shape index (κ1) is 15.0. The van der Waals surface area contributed by atoms with Crippen LogP contribution < -0.4 is 5.32 Å². The van der Waals surface area contributed by atoms with E-state index in [2.05, 4.69) is 5.32 Å². The molecular formula is C15H22ClNO. The van der Waals surface area contributed by atoms with Gasteiger partial charge in [-0.25, -0.2) is 0 Å². The molecule has 1 rings (SSSR count). The van der Waals surface area contributed by atoms with Crippen molar-refractivity contribution >= 4 is 17.5 Å². The van der Waals surface area contributed by atoms with E-state index in [1.54, 1.807) is 0 Å². The van der Waals surface area contributed by atoms with Crippen molar-refractivity contribution in [3.8, 4) is 0 Å². The van der Waals surface area contributed by atoms with Gasteiger partial charge in [-0.05, 0) is 24.8 Å². The standard InChI is InChI=1S/C15H22ClNO/c1-14(2,3)12(16)13(18)17-15(4,5)11-9-7-6-8-10-11/h6-10,12H,1-5H3,(H,17,18). The van der Waals surface area contributed by atoms with Gasteiger partial charge in [0.15, 0.2) is 0 Å². The molecule has 1 amide bonds. The summed E-state index contributed by atoms with van der Waals surface area (Å²) in [5, 5.41) is 2.47. The first-order valence-electron chi connectivity index (χ1n) is 6.16. The zero-order valence-corrected chi connectivity index (χ0v) is 12.5. The van der Waals surface area contributed by atoms with E-state index in [0.29, 0.717) is 0 Å². The number of alkyl halides is 1. The number of nitrogens with one attached hydrogen (secondary N) is 1. The molecule has 0 fully saturated rings. The summed E-state index contributed by atoms with van der Waals surface area (Å²) in [6.07, 6.45) is 0. The minimum atomic E-state index is -0.541. The van der Waals surface area contributed by atoms with Crippen molar-refractivity contribution in [1.29, 1.82) is 0 Å². The topological polar surface area (TPSA) is 29.1 Å². The summed E-state index contributed by atoms with van der Waals surface area (Å²) in [5.74, 6) is -0.127. The number of rotatable bonds is 3. The third kappa shape index (κ3) is 3.74. The molecule has 1 N–H and O–H groups in total. The molecule has 3 heteroatoms. The maximum Gasteiger partial charge on any atom is 0.239 e. The highest BCUT2D eigenvalue weighted by Crippen LogP contribution is 2.26. The van der Waals surface area contributed by atoms with Gasteiger partial charge in [0.1, 0.15) is 5.38 Å². The van der Waals surface area contributed by atoms with Crippen LogP contribution in [0.5, 0.6) is 0 Å². The van der Waals surface area contributed by atoms with E-state index in [1.165, 1.54) is 0 Å². The summed E-state index contributed by atoms with van der Waals surface area (Å²) in [4.78, 5) is 12.1. The first-order chi connectivity index (χ1) is 8.14. The van der Waals surface area contributed by atoms with E-state index in [1.807, 2.05) is 65.0 Å². The Bertz CT molecular complexity index is 406. The molecule has 1 aromatic carbocycles. The van der Waals surface area contributed by atoms with Crippen molar-refractivity contribution in [2.24, 2.45) is 5.41 Å². The van der Waals surface area contributed by atoms with Crippen LogP contribution in [-0.2, 0) is 10.3 Å². The summed E-state index contributed by atoms with van der Waals surface area (Å²) >= 11 is 6.19. The van der Waals surface area contributed by atoms with Crippen LogP contribution in [0.25, 0.3) is 0 Å². The lowest BCUT2D eigenvalue weighted by Gasteiger charge is -2.31. The lowest BCUT2D eigenvalue weighted by molar-refractivity contribution is -0.124. The van der Waals surface area contributed by atoms with Crippen LogP contribution >= 0.6 is 11.6 Å². The Labute approximate surface area is 115 Å². The predicted octanol–water partition coefficient (Wildman–Crippen LogP) is 3.69. The molecule has 1 aromatic rings. The van der Waals surface area contributed by atoms with Crippen LogP contribution in [-0.4, -0.2) is 11.3 Å². The van der Waals surface area contributed by atoms with Crippen LogP contribution in [0.15, 0.2) is 30.3 Å². The van der Waals surface area contributed by atoms with Crippen molar-refractivity contribution in [2.75, 3.05) is 0 Å². The molecule has 0 saturated heterocycles. The summed E-state index contributed by atoms with van der Waals surface area (Å²) < 4.78 is 0. The number of carbonyl (C=O) groups is 1. The maximum absolute atomic E-state index is 12.1. The van der Waals surface area contributed by atoms with E-state index in [4.69, 9.17) is 11.6 Å². The monoisotopic (exact) mass is 267 g/mol. The van der Waals surface area contributed by atoms with Gasteiger partial charge in [0.2, 0.25) is 5.91 Å². The minimum Gasteiger partial charge on any atom is -0.346 e. The highest BCUT2D eigenvalue weighted by molar-refractivity contribution is 6.31. The Balaban J connectivity index is 2.81. The zero-order valence-electron chi connectivity index (χ0n) is 11.8. The van der Waals surface area contributed by atoms with Gasteiger partial charge in [-0.2, -0.15) is 0 Å². The van der Waals surface area contributed by atoms with E-state index in [9.17, 15) is 4.79 Å². The predicted molar refractivity (Wildman–Crippen MR) is 76.7 cm³/mol. The molecule has 0 heterocycles. The zero-order chi connectivity index (χ0) is 14.0. The van der Waals surface area contributed by atoms with Crippen molar-refractivity contribution in [3.05, 3.63) is 35.9 Å². The van der Waals surface area contributed by atoms with Gasteiger partial charge >= 0.3 is 0 Å². The van der Waals surface area contributed by atoms with Gasteiger partial charge in [0.05, 0.1) is 5.54 Å². The summed E-state index contributed by atoms with van der Waals surface area (Å²) in [5.41, 5.74) is 0.394. The molecule has 18 heavy (non-hydrogen) atoms. The van der Waals surface area contributed by atoms with E-state index >= 15 is 0 Å². The maximum atomic E-state index is 12.1. The molecule has 1 unspecified atom stereocenters. The van der Waals surface area contributed by atoms with E-state index < -0.39 is 10.9 Å². The molecule has 0 radical (unpaired) electrons. The minimum absolute atomic E-state index is 0.127. The fraction of sp³-hybridized carbons (Fsp3) is 0.533. The van der Waals surface area contributed by atoms with Crippen LogP contribution in [0, 0.1) is 5.41 Å². The fourth-order valence-corrected chi connectivity index (χ4v) is 1.75. The van der Waals surface area contributed by atoms with Crippen LogP contribution in [0.2, 0.25) is 0 Å². The lowest BCUT2D eigenvalue weighted by Crippen LogP contribution is -2.47. The third-order valence-corrected chi connectivity index (χ3v) is 3.77. The van der Waals surface area contributed by atoms with Crippen molar-refractivity contribution in [3.63, 3.8) is 0 Å². The molecule has 0 saturated carbocycles. The Morgan fingerprint density at radius 2 is 1.61 bits per heavy atom. The molecule has 100 valence electrons. The van der Waals surface area contributed by atoms with Crippen LogP contribution in [0.1, 0.15) is 40.2 Å². The molecule has 0 aromatic heterocycles. The number of hydrogen-bond acceptors (Lipinski definition) is 1. The molecule has 1 atom stereocenters. The van der Waals surface area contributed by atoms with Gasteiger partial charge < -0.3 is 5.32 Å². The van der Waals surface area contributed by atoms with Gasteiger partial charge in [0.25, 0.3) is 0 Å². The van der Waals surface area contributed by atoms with Crippen molar-refractivity contribution in [1.82, 2.24) is 5.32 Å². The van der Waals surface area contributed by atoms with E-state index in [0.717, 1.165) is 5.56 Å². The Kier molecular flexibility index (Phi) is 4.44. The quantitative estimate of drug-likeness (QED) is 0.832. The number of hydrogen-bond donors (Lipinski definition) is 1. The Morgan fingerprint density at radius 3 is 2.06 bits per heavy atom. The Hall–Kier alpha value is -1.02. The highest BCUT2D eigenvalue weighted by Gasteiger charge is 2.32. The fourth-order valence-electron chi connectivity index (χ4n) is 1.69. The van der Waals surface area contributed by atoms with Gasteiger partial charge in [-0.1, -0.05) is 51.1 Å². The van der Waals surface area contributed by atoms with E-state index in [-0.39, 0.29) is 11.3 Å². The molecule has 0 aliphatic heterocycles. The average Bonchev–Trinajstić information content (AvgIpc) is 2.27. The molecular weight excluding hydrogens is 246 g/mol. The van der Waals surface area contributed by atoms with Crippen molar-refractivity contribution in [2.45, 2.75) is 45.5 Å². The van der Waals surface area contributed by atoms with Gasteiger partial charge in [-0.15, -0.1) is 11.6 Å². The second-order valence-electron chi connectivity index (χ2n) is 6.21. The van der Waals surface area contributed by atoms with Gasteiger partial charge in [-0.3, -0.25) is 4.79 Å². The second kappa shape index (κ2) is 5.31. The molecule has 0 spiro atoms. The van der Waals surface area contributed by atoms with Gasteiger partial charge in [0, 0.05) is 0 Å². The lowest BCUT2D eigenvalue weighted by atomic mass is 9.89. The molecule has 2 nitrogen and oxygen atoms in total. The first-order valence-corrected chi connectivity index (χ1v) is 6.60. The van der Waals surface area contributed by atoms with Crippen LogP contribution in [0.4, 0.5) is 0 Å². The summed E-state index contributed by atoms with van der Waals surface area (Å²) in [7, 11) is 0. The molecule has 0 aliphatic rings. The molecule has 0 aliphatic carbocycles. The second-order valence-corrected chi connectivity index (χ2v) is 6.65.